The molecule has 2 heterocycles. The topological polar surface area (TPSA) is 38.7 Å². The van der Waals surface area contributed by atoms with Crippen LogP contribution in [0.4, 0.5) is 0 Å². The highest BCUT2D eigenvalue weighted by atomic mass is 14.9. The highest BCUT2D eigenvalue weighted by Crippen LogP contribution is 2.59. The first-order valence-corrected chi connectivity index (χ1v) is 18.0. The molecule has 0 amide bonds. The second-order valence-corrected chi connectivity index (χ2v) is 13.5. The van der Waals surface area contributed by atoms with Gasteiger partial charge >= 0.3 is 0 Å². The number of hydrogen-bond donors (Lipinski definition) is 0. The SMILES string of the molecule is c1ccc(-c2cc(-c3ccccc3)nc(-c3cccc(-c4nc5ccccc5c5c4-c4ccccc4C5(c4ccccc4)c4ccccc4)c3)n2)cc1. The smallest absolute Gasteiger partial charge is 0.160 e. The number of benzene rings is 7. The molecule has 0 unspecified atom stereocenters. The Morgan fingerprint density at radius 3 is 1.53 bits per heavy atom. The fourth-order valence-corrected chi connectivity index (χ4v) is 8.27. The number of nitrogens with zero attached hydrogens (tertiary/aromatic N) is 3. The van der Waals surface area contributed by atoms with Crippen molar-refractivity contribution < 1.29 is 0 Å². The third-order valence-corrected chi connectivity index (χ3v) is 10.5. The van der Waals surface area contributed by atoms with Gasteiger partial charge in [-0.15, -0.1) is 0 Å². The molecule has 0 radical (unpaired) electrons. The van der Waals surface area contributed by atoms with E-state index in [4.69, 9.17) is 15.0 Å². The van der Waals surface area contributed by atoms with Gasteiger partial charge in [0.1, 0.15) is 0 Å². The van der Waals surface area contributed by atoms with Gasteiger partial charge in [-0.3, -0.25) is 0 Å². The Labute approximate surface area is 309 Å². The normalized spacial score (nSPS) is 12.7. The molecule has 0 bridgehead atoms. The van der Waals surface area contributed by atoms with Crippen LogP contribution in [0.15, 0.2) is 200 Å². The molecule has 3 nitrogen and oxygen atoms in total. The molecule has 1 aliphatic carbocycles. The number of aromatic nitrogens is 3. The maximum atomic E-state index is 5.49. The van der Waals surface area contributed by atoms with Gasteiger partial charge in [0.25, 0.3) is 0 Å². The predicted molar refractivity (Wildman–Crippen MR) is 216 cm³/mol. The Morgan fingerprint density at radius 1 is 0.377 bits per heavy atom. The van der Waals surface area contributed by atoms with Crippen molar-refractivity contribution in [3.8, 4) is 56.3 Å². The van der Waals surface area contributed by atoms with Gasteiger partial charge < -0.3 is 0 Å². The molecular formula is C50H33N3. The average molecular weight is 676 g/mol. The van der Waals surface area contributed by atoms with Gasteiger partial charge in [0, 0.05) is 33.2 Å². The van der Waals surface area contributed by atoms with E-state index in [1.807, 2.05) is 12.1 Å². The van der Waals surface area contributed by atoms with E-state index in [1.165, 1.54) is 27.8 Å². The van der Waals surface area contributed by atoms with Gasteiger partial charge in [0.15, 0.2) is 5.82 Å². The van der Waals surface area contributed by atoms with Crippen molar-refractivity contribution in [3.05, 3.63) is 222 Å². The second-order valence-electron chi connectivity index (χ2n) is 13.5. The standard InChI is InChI=1S/C50H33N3/c1-5-18-34(19-6-1)44-33-45(35-20-7-2-8-21-35)53-49(52-44)37-23-17-22-36(32-37)48-46-40-28-13-15-30-42(40)50(38-24-9-3-10-25-38,39-26-11-4-12-27-39)47(46)41-29-14-16-31-43(41)51-48/h1-33H. The summed E-state index contributed by atoms with van der Waals surface area (Å²) < 4.78 is 0. The van der Waals surface area contributed by atoms with E-state index < -0.39 is 5.41 Å². The Morgan fingerprint density at radius 2 is 0.887 bits per heavy atom. The van der Waals surface area contributed by atoms with Crippen molar-refractivity contribution in [1.29, 1.82) is 0 Å². The zero-order chi connectivity index (χ0) is 35.2. The van der Waals surface area contributed by atoms with Crippen molar-refractivity contribution in [2.75, 3.05) is 0 Å². The first-order chi connectivity index (χ1) is 26.3. The zero-order valence-electron chi connectivity index (χ0n) is 28.9. The van der Waals surface area contributed by atoms with Crippen LogP contribution < -0.4 is 0 Å². The summed E-state index contributed by atoms with van der Waals surface area (Å²) in [6.07, 6.45) is 0. The molecule has 1 aliphatic rings. The lowest BCUT2D eigenvalue weighted by Crippen LogP contribution is -2.29. The van der Waals surface area contributed by atoms with E-state index in [0.29, 0.717) is 5.82 Å². The molecule has 2 aromatic heterocycles. The average Bonchev–Trinajstić information content (AvgIpc) is 3.57. The van der Waals surface area contributed by atoms with Gasteiger partial charge in [-0.05, 0) is 46.0 Å². The lowest BCUT2D eigenvalue weighted by molar-refractivity contribution is 0.775. The third-order valence-electron chi connectivity index (χ3n) is 10.5. The fourth-order valence-electron chi connectivity index (χ4n) is 8.27. The summed E-state index contributed by atoms with van der Waals surface area (Å²) in [4.78, 5) is 15.8. The lowest BCUT2D eigenvalue weighted by atomic mass is 9.67. The molecule has 0 atom stereocenters. The second kappa shape index (κ2) is 12.7. The largest absolute Gasteiger partial charge is 0.247 e. The zero-order valence-corrected chi connectivity index (χ0v) is 28.9. The van der Waals surface area contributed by atoms with Gasteiger partial charge in [-0.1, -0.05) is 182 Å². The highest BCUT2D eigenvalue weighted by Gasteiger charge is 2.48. The molecular weight excluding hydrogens is 643 g/mol. The van der Waals surface area contributed by atoms with Crippen LogP contribution in [0.5, 0.6) is 0 Å². The lowest BCUT2D eigenvalue weighted by Gasteiger charge is -2.34. The van der Waals surface area contributed by atoms with Crippen LogP contribution in [-0.2, 0) is 5.41 Å². The van der Waals surface area contributed by atoms with E-state index in [-0.39, 0.29) is 0 Å². The molecule has 9 aromatic rings. The fraction of sp³-hybridized carbons (Fsp3) is 0.0200. The summed E-state index contributed by atoms with van der Waals surface area (Å²) in [6.45, 7) is 0. The van der Waals surface area contributed by atoms with E-state index in [1.54, 1.807) is 0 Å². The van der Waals surface area contributed by atoms with Crippen molar-refractivity contribution in [2.24, 2.45) is 0 Å². The summed E-state index contributed by atoms with van der Waals surface area (Å²) in [7, 11) is 0. The Bertz CT molecular complexity index is 2660. The summed E-state index contributed by atoms with van der Waals surface area (Å²) >= 11 is 0. The Balaban J connectivity index is 1.25. The number of pyridine rings is 1. The van der Waals surface area contributed by atoms with Crippen LogP contribution in [0.1, 0.15) is 22.3 Å². The minimum Gasteiger partial charge on any atom is -0.247 e. The molecule has 0 saturated carbocycles. The van der Waals surface area contributed by atoms with Crippen LogP contribution in [0.3, 0.4) is 0 Å². The molecule has 3 heteroatoms. The minimum absolute atomic E-state index is 0.555. The van der Waals surface area contributed by atoms with Crippen LogP contribution in [0.25, 0.3) is 67.2 Å². The van der Waals surface area contributed by atoms with Crippen molar-refractivity contribution in [2.45, 2.75) is 5.41 Å². The summed E-state index contributed by atoms with van der Waals surface area (Å²) in [6, 6.07) is 70.8. The van der Waals surface area contributed by atoms with Gasteiger partial charge in [-0.25, -0.2) is 15.0 Å². The van der Waals surface area contributed by atoms with Crippen LogP contribution in [0, 0.1) is 0 Å². The Kier molecular flexibility index (Phi) is 7.36. The first-order valence-electron chi connectivity index (χ1n) is 18.0. The number of hydrogen-bond acceptors (Lipinski definition) is 3. The third kappa shape index (κ3) is 5.01. The predicted octanol–water partition coefficient (Wildman–Crippen LogP) is 12.1. The number of para-hydroxylation sites is 1. The van der Waals surface area contributed by atoms with Crippen LogP contribution in [0.2, 0.25) is 0 Å². The summed E-state index contributed by atoms with van der Waals surface area (Å²) in [5, 5.41) is 1.15. The maximum absolute atomic E-state index is 5.49. The van der Waals surface area contributed by atoms with Gasteiger partial charge in [-0.2, -0.15) is 0 Å². The number of rotatable bonds is 6. The molecule has 248 valence electrons. The van der Waals surface area contributed by atoms with E-state index in [9.17, 15) is 0 Å². The quantitative estimate of drug-likeness (QED) is 0.176. The summed E-state index contributed by atoms with van der Waals surface area (Å²) in [5.41, 5.74) is 14.5. The van der Waals surface area contributed by atoms with Crippen molar-refractivity contribution in [1.82, 2.24) is 15.0 Å². The summed E-state index contributed by atoms with van der Waals surface area (Å²) in [5.74, 6) is 0.674. The minimum atomic E-state index is -0.555. The van der Waals surface area contributed by atoms with E-state index >= 15 is 0 Å². The molecule has 53 heavy (non-hydrogen) atoms. The van der Waals surface area contributed by atoms with Crippen LogP contribution >= 0.6 is 0 Å². The van der Waals surface area contributed by atoms with Crippen LogP contribution in [-0.4, -0.2) is 15.0 Å². The maximum Gasteiger partial charge on any atom is 0.160 e. The van der Waals surface area contributed by atoms with Gasteiger partial charge in [0.2, 0.25) is 0 Å². The Hall–Kier alpha value is -6.97. The molecule has 0 spiro atoms. The first kappa shape index (κ1) is 30.8. The van der Waals surface area contributed by atoms with Crippen molar-refractivity contribution in [3.63, 3.8) is 0 Å². The monoisotopic (exact) mass is 675 g/mol. The highest BCUT2D eigenvalue weighted by molar-refractivity contribution is 6.04. The number of fused-ring (bicyclic) bond motifs is 5. The van der Waals surface area contributed by atoms with E-state index in [0.717, 1.165) is 55.8 Å². The molecule has 0 fully saturated rings. The van der Waals surface area contributed by atoms with Gasteiger partial charge in [0.05, 0.1) is 28.0 Å². The molecule has 0 aliphatic heterocycles. The molecule has 10 rings (SSSR count). The molecule has 0 N–H and O–H groups in total. The van der Waals surface area contributed by atoms with E-state index in [2.05, 4.69) is 188 Å². The molecule has 7 aromatic carbocycles. The molecule has 0 saturated heterocycles. The van der Waals surface area contributed by atoms with Crippen molar-refractivity contribution >= 4 is 10.9 Å².